The lowest BCUT2D eigenvalue weighted by molar-refractivity contribution is 1.50. The predicted octanol–water partition coefficient (Wildman–Crippen LogP) is 9.63. The van der Waals surface area contributed by atoms with Gasteiger partial charge >= 0.3 is 0 Å². The lowest BCUT2D eigenvalue weighted by Gasteiger charge is -2.06. The zero-order valence-corrected chi connectivity index (χ0v) is 19.4. The lowest BCUT2D eigenvalue weighted by atomic mass is 9.98. The first-order valence-corrected chi connectivity index (χ1v) is 11.5. The van der Waals surface area contributed by atoms with Gasteiger partial charge in [0.1, 0.15) is 0 Å². The largest absolute Gasteiger partial charge is 0.0683 e. The van der Waals surface area contributed by atoms with Gasteiger partial charge in [0.05, 0.1) is 0 Å². The Hall–Kier alpha value is -3.64. The predicted molar refractivity (Wildman–Crippen MR) is 144 cm³/mol. The van der Waals surface area contributed by atoms with Crippen LogP contribution in [0.3, 0.4) is 0 Å². The highest BCUT2D eigenvalue weighted by molar-refractivity contribution is 6.09. The summed E-state index contributed by atoms with van der Waals surface area (Å²) in [5.74, 6) is 0. The molecule has 0 aliphatic heterocycles. The van der Waals surface area contributed by atoms with Crippen LogP contribution in [0.2, 0.25) is 0 Å². The van der Waals surface area contributed by atoms with Crippen LogP contribution in [-0.2, 0) is 0 Å². The van der Waals surface area contributed by atoms with Gasteiger partial charge in [0.15, 0.2) is 0 Å². The summed E-state index contributed by atoms with van der Waals surface area (Å²) >= 11 is 0. The van der Waals surface area contributed by atoms with Crippen LogP contribution >= 0.6 is 0 Å². The van der Waals surface area contributed by atoms with Crippen LogP contribution in [0.4, 0.5) is 0 Å². The van der Waals surface area contributed by atoms with E-state index in [1.807, 2.05) is 13.8 Å². The van der Waals surface area contributed by atoms with E-state index in [4.69, 9.17) is 0 Å². The minimum atomic E-state index is 1.33. The van der Waals surface area contributed by atoms with Gasteiger partial charge in [-0.25, -0.2) is 0 Å². The fourth-order valence-electron chi connectivity index (χ4n) is 4.48. The van der Waals surface area contributed by atoms with Crippen molar-refractivity contribution in [3.8, 4) is 0 Å². The molecule has 0 saturated heterocycles. The summed E-state index contributed by atoms with van der Waals surface area (Å²) in [6.07, 6.45) is 0. The molecule has 0 aromatic heterocycles. The van der Waals surface area contributed by atoms with Crippen molar-refractivity contribution in [1.82, 2.24) is 0 Å². The molecule has 0 fully saturated rings. The Morgan fingerprint density at radius 3 is 1.00 bits per heavy atom. The Morgan fingerprint density at radius 1 is 0.344 bits per heavy atom. The minimum absolute atomic E-state index is 1.33. The number of rotatable bonds is 0. The van der Waals surface area contributed by atoms with Crippen molar-refractivity contribution < 1.29 is 0 Å². The molecule has 0 spiro atoms. The van der Waals surface area contributed by atoms with E-state index in [1.165, 1.54) is 54.2 Å². The van der Waals surface area contributed by atoms with E-state index in [9.17, 15) is 0 Å². The molecule has 6 aromatic carbocycles. The lowest BCUT2D eigenvalue weighted by Crippen LogP contribution is -1.81. The van der Waals surface area contributed by atoms with E-state index in [0.29, 0.717) is 0 Å². The van der Waals surface area contributed by atoms with Crippen molar-refractivity contribution in [1.29, 1.82) is 0 Å². The van der Waals surface area contributed by atoms with Crippen LogP contribution in [0.25, 0.3) is 43.1 Å². The van der Waals surface area contributed by atoms with Crippen molar-refractivity contribution in [2.45, 2.75) is 27.7 Å². The molecular weight excluding hydrogens is 384 g/mol. The quantitative estimate of drug-likeness (QED) is 0.217. The van der Waals surface area contributed by atoms with E-state index in [1.54, 1.807) is 0 Å². The fraction of sp³-hybridized carbons (Fsp3) is 0.125. The maximum absolute atomic E-state index is 2.26. The van der Waals surface area contributed by atoms with E-state index >= 15 is 0 Å². The molecule has 0 amide bonds. The minimum Gasteiger partial charge on any atom is -0.0683 e. The molecule has 0 bridgehead atoms. The van der Waals surface area contributed by atoms with Gasteiger partial charge in [0, 0.05) is 0 Å². The van der Waals surface area contributed by atoms with E-state index < -0.39 is 0 Å². The second kappa shape index (κ2) is 9.66. The summed E-state index contributed by atoms with van der Waals surface area (Å²) in [6, 6.07) is 38.8. The van der Waals surface area contributed by atoms with Crippen LogP contribution in [-0.4, -0.2) is 0 Å². The molecule has 0 nitrogen and oxygen atoms in total. The number of hydrogen-bond donors (Lipinski definition) is 0. The Morgan fingerprint density at radius 2 is 0.625 bits per heavy atom. The molecule has 0 aliphatic rings. The zero-order chi connectivity index (χ0) is 22.5. The number of benzene rings is 6. The van der Waals surface area contributed by atoms with Crippen LogP contribution in [0, 0.1) is 13.8 Å². The Labute approximate surface area is 191 Å². The average Bonchev–Trinajstić information content (AvgIpc) is 2.86. The molecule has 0 heteroatoms. The standard InChI is InChI=1S/2C15H12.C2H6/c2*1-11-10-12-6-2-3-8-14(12)15-9-5-4-7-13(11)15;1-2/h2*2-10H,1H3;1-2H3. The molecular formula is C32H30. The smallest absolute Gasteiger partial charge is 0.0103 e. The molecule has 32 heavy (non-hydrogen) atoms. The SMILES string of the molecule is CC.Cc1cc2ccccc2c2ccccc12.Cc1cc2ccccc2c2ccccc12. The van der Waals surface area contributed by atoms with E-state index in [-0.39, 0.29) is 0 Å². The maximum atomic E-state index is 2.26. The summed E-state index contributed by atoms with van der Waals surface area (Å²) in [5, 5.41) is 10.8. The van der Waals surface area contributed by atoms with Gasteiger partial charge in [-0.15, -0.1) is 0 Å². The third-order valence-corrected chi connectivity index (χ3v) is 5.95. The summed E-state index contributed by atoms with van der Waals surface area (Å²) in [5.41, 5.74) is 2.70. The second-order valence-corrected chi connectivity index (χ2v) is 7.92. The highest BCUT2D eigenvalue weighted by Crippen LogP contribution is 2.28. The molecule has 0 unspecified atom stereocenters. The molecule has 158 valence electrons. The molecule has 0 N–H and O–H groups in total. The topological polar surface area (TPSA) is 0 Å². The Bertz CT molecular complexity index is 1390. The first-order chi connectivity index (χ1) is 15.7. The van der Waals surface area contributed by atoms with Gasteiger partial charge in [0.2, 0.25) is 0 Å². The number of aryl methyl sites for hydroxylation is 2. The van der Waals surface area contributed by atoms with Crippen LogP contribution in [0.1, 0.15) is 25.0 Å². The van der Waals surface area contributed by atoms with Gasteiger partial charge < -0.3 is 0 Å². The van der Waals surface area contributed by atoms with E-state index in [0.717, 1.165) is 0 Å². The molecule has 0 saturated carbocycles. The van der Waals surface area contributed by atoms with Gasteiger partial charge in [-0.2, -0.15) is 0 Å². The van der Waals surface area contributed by atoms with Gasteiger partial charge in [-0.3, -0.25) is 0 Å². The van der Waals surface area contributed by atoms with Crippen molar-refractivity contribution in [3.05, 3.63) is 120 Å². The Kier molecular flexibility index (Phi) is 6.52. The number of hydrogen-bond acceptors (Lipinski definition) is 0. The van der Waals surface area contributed by atoms with Crippen LogP contribution in [0.5, 0.6) is 0 Å². The van der Waals surface area contributed by atoms with Crippen molar-refractivity contribution in [2.75, 3.05) is 0 Å². The summed E-state index contributed by atoms with van der Waals surface area (Å²) in [7, 11) is 0. The molecule has 0 aliphatic carbocycles. The summed E-state index contributed by atoms with van der Waals surface area (Å²) in [6.45, 7) is 8.35. The third kappa shape index (κ3) is 4.09. The van der Waals surface area contributed by atoms with Crippen LogP contribution < -0.4 is 0 Å². The molecule has 0 radical (unpaired) electrons. The van der Waals surface area contributed by atoms with Crippen molar-refractivity contribution in [3.63, 3.8) is 0 Å². The third-order valence-electron chi connectivity index (χ3n) is 5.95. The zero-order valence-electron chi connectivity index (χ0n) is 19.4. The average molecular weight is 415 g/mol. The highest BCUT2D eigenvalue weighted by atomic mass is 14.1. The fourth-order valence-corrected chi connectivity index (χ4v) is 4.48. The first-order valence-electron chi connectivity index (χ1n) is 11.5. The second-order valence-electron chi connectivity index (χ2n) is 7.92. The number of fused-ring (bicyclic) bond motifs is 6. The van der Waals surface area contributed by atoms with Gasteiger partial charge in [0.25, 0.3) is 0 Å². The summed E-state index contributed by atoms with van der Waals surface area (Å²) in [4.78, 5) is 0. The summed E-state index contributed by atoms with van der Waals surface area (Å²) < 4.78 is 0. The molecule has 0 atom stereocenters. The monoisotopic (exact) mass is 414 g/mol. The van der Waals surface area contributed by atoms with Crippen molar-refractivity contribution >= 4 is 43.1 Å². The Balaban J connectivity index is 0.000000142. The molecule has 6 aromatic rings. The van der Waals surface area contributed by atoms with Crippen molar-refractivity contribution in [2.24, 2.45) is 0 Å². The highest BCUT2D eigenvalue weighted by Gasteiger charge is 2.02. The normalized spacial score (nSPS) is 10.5. The molecule has 0 heterocycles. The maximum Gasteiger partial charge on any atom is -0.0103 e. The van der Waals surface area contributed by atoms with Gasteiger partial charge in [-0.05, 0) is 68.1 Å². The van der Waals surface area contributed by atoms with Gasteiger partial charge in [-0.1, -0.05) is 123 Å². The van der Waals surface area contributed by atoms with E-state index in [2.05, 4.69) is 123 Å². The molecule has 6 rings (SSSR count). The van der Waals surface area contributed by atoms with Crippen LogP contribution in [0.15, 0.2) is 109 Å². The first kappa shape index (κ1) is 21.6.